The monoisotopic (exact) mass is 405 g/mol. The highest BCUT2D eigenvalue weighted by Crippen LogP contribution is 2.28. The molecular formula is C15H24IN3S. The topological polar surface area (TPSA) is 36.4 Å². The van der Waals surface area contributed by atoms with Crippen molar-refractivity contribution in [3.63, 3.8) is 0 Å². The summed E-state index contributed by atoms with van der Waals surface area (Å²) in [6, 6.07) is 11.2. The number of thioether (sulfide) groups is 1. The summed E-state index contributed by atoms with van der Waals surface area (Å²) in [6.45, 7) is 3.24. The molecule has 0 bridgehead atoms. The fourth-order valence-electron chi connectivity index (χ4n) is 1.88. The lowest BCUT2D eigenvalue weighted by atomic mass is 10.4. The van der Waals surface area contributed by atoms with Crippen LogP contribution in [0.2, 0.25) is 0 Å². The van der Waals surface area contributed by atoms with E-state index in [2.05, 4.69) is 52.9 Å². The summed E-state index contributed by atoms with van der Waals surface area (Å²) in [5, 5.41) is 6.80. The Morgan fingerprint density at radius 1 is 1.35 bits per heavy atom. The van der Waals surface area contributed by atoms with Gasteiger partial charge in [0.15, 0.2) is 5.96 Å². The van der Waals surface area contributed by atoms with Gasteiger partial charge in [0.2, 0.25) is 0 Å². The van der Waals surface area contributed by atoms with Crippen molar-refractivity contribution in [1.82, 2.24) is 10.6 Å². The molecule has 1 aliphatic carbocycles. The molecule has 0 radical (unpaired) electrons. The molecule has 1 aromatic carbocycles. The van der Waals surface area contributed by atoms with Gasteiger partial charge < -0.3 is 10.6 Å². The summed E-state index contributed by atoms with van der Waals surface area (Å²) in [7, 11) is 1.83. The SMILES string of the molecule is CN=C(NCCCSc1ccccc1)NC1CC1C.I. The van der Waals surface area contributed by atoms with Crippen LogP contribution >= 0.6 is 35.7 Å². The molecule has 2 unspecified atom stereocenters. The van der Waals surface area contributed by atoms with E-state index in [4.69, 9.17) is 0 Å². The molecule has 2 rings (SSSR count). The molecule has 0 amide bonds. The first-order valence-electron chi connectivity index (χ1n) is 6.94. The highest BCUT2D eigenvalue weighted by molar-refractivity contribution is 14.0. The zero-order valence-electron chi connectivity index (χ0n) is 12.1. The Kier molecular flexibility index (Phi) is 8.37. The maximum Gasteiger partial charge on any atom is 0.191 e. The number of benzene rings is 1. The van der Waals surface area contributed by atoms with Gasteiger partial charge in [0.25, 0.3) is 0 Å². The van der Waals surface area contributed by atoms with Crippen molar-refractivity contribution in [1.29, 1.82) is 0 Å². The number of rotatable bonds is 6. The van der Waals surface area contributed by atoms with Gasteiger partial charge in [-0.25, -0.2) is 0 Å². The van der Waals surface area contributed by atoms with Crippen molar-refractivity contribution in [3.05, 3.63) is 30.3 Å². The molecule has 112 valence electrons. The third-order valence-corrected chi connectivity index (χ3v) is 4.38. The normalized spacial score (nSPS) is 21.0. The number of aliphatic imine (C=N–C) groups is 1. The van der Waals surface area contributed by atoms with Crippen LogP contribution in [0.3, 0.4) is 0 Å². The van der Waals surface area contributed by atoms with Crippen LogP contribution in [0.5, 0.6) is 0 Å². The third-order valence-electron chi connectivity index (χ3n) is 3.28. The summed E-state index contributed by atoms with van der Waals surface area (Å²) < 4.78 is 0. The van der Waals surface area contributed by atoms with E-state index in [9.17, 15) is 0 Å². The molecule has 2 atom stereocenters. The van der Waals surface area contributed by atoms with Crippen molar-refractivity contribution >= 4 is 41.7 Å². The van der Waals surface area contributed by atoms with Gasteiger partial charge in [-0.1, -0.05) is 25.1 Å². The molecule has 1 fully saturated rings. The zero-order chi connectivity index (χ0) is 13.5. The van der Waals surface area contributed by atoms with E-state index < -0.39 is 0 Å². The fourth-order valence-corrected chi connectivity index (χ4v) is 2.75. The third kappa shape index (κ3) is 6.35. The quantitative estimate of drug-likeness (QED) is 0.251. The van der Waals surface area contributed by atoms with Crippen molar-refractivity contribution in [3.8, 4) is 0 Å². The van der Waals surface area contributed by atoms with Crippen LogP contribution in [0.25, 0.3) is 0 Å². The van der Waals surface area contributed by atoms with E-state index in [0.717, 1.165) is 30.6 Å². The Bertz CT molecular complexity index is 411. The van der Waals surface area contributed by atoms with Gasteiger partial charge in [-0.15, -0.1) is 35.7 Å². The van der Waals surface area contributed by atoms with E-state index in [1.165, 1.54) is 11.3 Å². The van der Waals surface area contributed by atoms with Gasteiger partial charge in [0.05, 0.1) is 0 Å². The molecule has 0 heterocycles. The molecule has 1 aromatic rings. The van der Waals surface area contributed by atoms with Crippen LogP contribution in [-0.2, 0) is 0 Å². The number of halogens is 1. The van der Waals surface area contributed by atoms with Crippen LogP contribution in [0.4, 0.5) is 0 Å². The zero-order valence-corrected chi connectivity index (χ0v) is 15.3. The van der Waals surface area contributed by atoms with Gasteiger partial charge in [-0.05, 0) is 36.6 Å². The van der Waals surface area contributed by atoms with Gasteiger partial charge in [-0.2, -0.15) is 0 Å². The molecule has 3 nitrogen and oxygen atoms in total. The summed E-state index contributed by atoms with van der Waals surface area (Å²) in [5.74, 6) is 2.87. The number of nitrogens with one attached hydrogen (secondary N) is 2. The van der Waals surface area contributed by atoms with Crippen molar-refractivity contribution in [2.75, 3.05) is 19.3 Å². The summed E-state index contributed by atoms with van der Waals surface area (Å²) in [4.78, 5) is 5.59. The predicted molar refractivity (Wildman–Crippen MR) is 99.3 cm³/mol. The van der Waals surface area contributed by atoms with Crippen LogP contribution in [0.1, 0.15) is 19.8 Å². The standard InChI is InChI=1S/C15H23N3S.HI/c1-12-11-14(12)18-15(16-2)17-9-6-10-19-13-7-4-3-5-8-13;/h3-5,7-8,12,14H,6,9-11H2,1-2H3,(H2,16,17,18);1H. The smallest absolute Gasteiger partial charge is 0.191 e. The second-order valence-corrected chi connectivity index (χ2v) is 6.15. The van der Waals surface area contributed by atoms with Crippen LogP contribution < -0.4 is 10.6 Å². The lowest BCUT2D eigenvalue weighted by Gasteiger charge is -2.11. The highest BCUT2D eigenvalue weighted by Gasteiger charge is 2.32. The minimum atomic E-state index is 0. The Hall–Kier alpha value is -0.430. The predicted octanol–water partition coefficient (Wildman–Crippen LogP) is 3.36. The van der Waals surface area contributed by atoms with Crippen molar-refractivity contribution in [2.24, 2.45) is 10.9 Å². The molecule has 1 aliphatic rings. The molecule has 0 spiro atoms. The molecular weight excluding hydrogens is 381 g/mol. The first-order valence-corrected chi connectivity index (χ1v) is 7.93. The van der Waals surface area contributed by atoms with Gasteiger partial charge >= 0.3 is 0 Å². The average molecular weight is 405 g/mol. The lowest BCUT2D eigenvalue weighted by Crippen LogP contribution is -2.39. The van der Waals surface area contributed by atoms with Crippen LogP contribution in [0, 0.1) is 5.92 Å². The average Bonchev–Trinajstić information content (AvgIpc) is 3.13. The Labute approximate surface area is 143 Å². The Morgan fingerprint density at radius 3 is 2.65 bits per heavy atom. The van der Waals surface area contributed by atoms with E-state index in [1.807, 2.05) is 18.8 Å². The minimum absolute atomic E-state index is 0. The van der Waals surface area contributed by atoms with E-state index >= 15 is 0 Å². The fraction of sp³-hybridized carbons (Fsp3) is 0.533. The lowest BCUT2D eigenvalue weighted by molar-refractivity contribution is 0.753. The maximum absolute atomic E-state index is 4.25. The second-order valence-electron chi connectivity index (χ2n) is 4.98. The molecule has 0 saturated heterocycles. The van der Waals surface area contributed by atoms with E-state index in [-0.39, 0.29) is 24.0 Å². The highest BCUT2D eigenvalue weighted by atomic mass is 127. The summed E-state index contributed by atoms with van der Waals surface area (Å²) >= 11 is 1.91. The summed E-state index contributed by atoms with van der Waals surface area (Å²) in [5.41, 5.74) is 0. The second kappa shape index (κ2) is 9.50. The largest absolute Gasteiger partial charge is 0.356 e. The molecule has 2 N–H and O–H groups in total. The van der Waals surface area contributed by atoms with Crippen LogP contribution in [0.15, 0.2) is 40.2 Å². The van der Waals surface area contributed by atoms with Crippen LogP contribution in [-0.4, -0.2) is 31.3 Å². The van der Waals surface area contributed by atoms with Gasteiger partial charge in [0, 0.05) is 24.5 Å². The van der Waals surface area contributed by atoms with Crippen molar-refractivity contribution in [2.45, 2.75) is 30.7 Å². The number of nitrogens with zero attached hydrogens (tertiary/aromatic N) is 1. The molecule has 1 saturated carbocycles. The van der Waals surface area contributed by atoms with Crippen molar-refractivity contribution < 1.29 is 0 Å². The van der Waals surface area contributed by atoms with Gasteiger partial charge in [0.1, 0.15) is 0 Å². The number of hydrogen-bond donors (Lipinski definition) is 2. The number of hydrogen-bond acceptors (Lipinski definition) is 2. The first kappa shape index (κ1) is 17.6. The maximum atomic E-state index is 4.25. The number of guanidine groups is 1. The van der Waals surface area contributed by atoms with E-state index in [1.54, 1.807) is 0 Å². The molecule has 0 aromatic heterocycles. The molecule has 20 heavy (non-hydrogen) atoms. The molecule has 5 heteroatoms. The van der Waals surface area contributed by atoms with E-state index in [0.29, 0.717) is 6.04 Å². The Morgan fingerprint density at radius 2 is 2.05 bits per heavy atom. The van der Waals surface area contributed by atoms with Gasteiger partial charge in [-0.3, -0.25) is 4.99 Å². The Balaban J connectivity index is 0.00000200. The summed E-state index contributed by atoms with van der Waals surface area (Å²) in [6.07, 6.45) is 2.41. The first-order chi connectivity index (χ1) is 9.29. The molecule has 0 aliphatic heterocycles. The minimum Gasteiger partial charge on any atom is -0.356 e.